The van der Waals surface area contributed by atoms with Gasteiger partial charge in [-0.1, -0.05) is 48.3 Å². The van der Waals surface area contributed by atoms with E-state index in [0.29, 0.717) is 41.3 Å². The Hall–Kier alpha value is -3.26. The zero-order valence-electron chi connectivity index (χ0n) is 24.3. The van der Waals surface area contributed by atoms with Gasteiger partial charge in [0.25, 0.3) is 0 Å². The molecule has 0 saturated carbocycles. The van der Waals surface area contributed by atoms with Crippen LogP contribution in [0.3, 0.4) is 0 Å². The summed E-state index contributed by atoms with van der Waals surface area (Å²) in [6.07, 6.45) is 3.54. The lowest BCUT2D eigenvalue weighted by molar-refractivity contribution is 0.0999. The predicted octanol–water partition coefficient (Wildman–Crippen LogP) is 7.30. The number of benzene rings is 3. The van der Waals surface area contributed by atoms with Crippen LogP contribution in [0.15, 0.2) is 60.7 Å². The molecule has 0 aliphatic carbocycles. The molecule has 0 bridgehead atoms. The van der Waals surface area contributed by atoms with Crippen LogP contribution in [0, 0.1) is 0 Å². The van der Waals surface area contributed by atoms with E-state index < -0.39 is 5.91 Å². The van der Waals surface area contributed by atoms with Crippen LogP contribution in [0.25, 0.3) is 11.0 Å². The number of fused-ring (bicyclic) bond motifs is 1. The summed E-state index contributed by atoms with van der Waals surface area (Å²) in [5.41, 5.74) is 11.6. The Balaban J connectivity index is 1.29. The summed E-state index contributed by atoms with van der Waals surface area (Å²) < 4.78 is 7.87. The van der Waals surface area contributed by atoms with Crippen molar-refractivity contribution in [1.82, 2.24) is 9.55 Å². The minimum Gasteiger partial charge on any atom is -0.380 e. The van der Waals surface area contributed by atoms with Crippen molar-refractivity contribution >= 4 is 51.8 Å². The van der Waals surface area contributed by atoms with Gasteiger partial charge in [-0.25, -0.2) is 4.98 Å². The number of carbonyl (C=O) groups is 1. The lowest BCUT2D eigenvalue weighted by Crippen LogP contribution is -2.39. The molecule has 1 amide bonds. The molecule has 0 radical (unpaired) electrons. The minimum absolute atomic E-state index is 0.185. The van der Waals surface area contributed by atoms with E-state index in [-0.39, 0.29) is 5.92 Å². The number of anilines is 2. The van der Waals surface area contributed by atoms with E-state index in [2.05, 4.69) is 46.0 Å². The number of rotatable bonds is 12. The number of nitrogens with two attached hydrogens (primary N) is 1. The molecule has 222 valence electrons. The van der Waals surface area contributed by atoms with E-state index in [9.17, 15) is 4.79 Å². The van der Waals surface area contributed by atoms with Crippen LogP contribution in [0.2, 0.25) is 10.0 Å². The van der Waals surface area contributed by atoms with Gasteiger partial charge in [0.05, 0.1) is 27.7 Å². The van der Waals surface area contributed by atoms with Crippen molar-refractivity contribution in [2.24, 2.45) is 5.73 Å². The molecule has 5 rings (SSSR count). The Labute approximate surface area is 258 Å². The van der Waals surface area contributed by atoms with Crippen LogP contribution in [0.1, 0.15) is 60.5 Å². The molecule has 1 unspecified atom stereocenters. The minimum atomic E-state index is -0.407. The Kier molecular flexibility index (Phi) is 9.93. The number of primary amides is 1. The second-order valence-corrected chi connectivity index (χ2v) is 11.7. The highest BCUT2D eigenvalue weighted by Gasteiger charge is 2.23. The number of imidazole rings is 1. The number of carbonyl (C=O) groups excluding carboxylic acids is 1. The Bertz CT molecular complexity index is 1530. The third kappa shape index (κ3) is 6.86. The van der Waals surface area contributed by atoms with Gasteiger partial charge < -0.3 is 25.3 Å². The summed E-state index contributed by atoms with van der Waals surface area (Å²) in [4.78, 5) is 19.6. The molecular weight excluding hydrogens is 569 g/mol. The first-order chi connectivity index (χ1) is 20.4. The van der Waals surface area contributed by atoms with Gasteiger partial charge in [-0.3, -0.25) is 4.79 Å². The van der Waals surface area contributed by atoms with Crippen molar-refractivity contribution in [2.75, 3.05) is 36.5 Å². The van der Waals surface area contributed by atoms with Crippen LogP contribution in [-0.4, -0.2) is 47.8 Å². The molecule has 0 spiro atoms. The summed E-state index contributed by atoms with van der Waals surface area (Å²) in [5.74, 6) is 0.677. The Morgan fingerprint density at radius 1 is 1.07 bits per heavy atom. The molecule has 1 fully saturated rings. The van der Waals surface area contributed by atoms with Crippen LogP contribution in [0.5, 0.6) is 0 Å². The first-order valence-corrected chi connectivity index (χ1v) is 15.6. The second-order valence-electron chi connectivity index (χ2n) is 10.9. The molecule has 42 heavy (non-hydrogen) atoms. The number of halogens is 2. The monoisotopic (exact) mass is 607 g/mol. The van der Waals surface area contributed by atoms with E-state index in [0.717, 1.165) is 72.7 Å². The van der Waals surface area contributed by atoms with Crippen LogP contribution >= 0.6 is 23.2 Å². The fraction of sp³-hybridized carbons (Fsp3) is 0.394. The number of aromatic nitrogens is 2. The van der Waals surface area contributed by atoms with Gasteiger partial charge in [-0.05, 0) is 92.1 Å². The molecule has 1 aliphatic heterocycles. The van der Waals surface area contributed by atoms with Crippen LogP contribution < -0.4 is 16.0 Å². The highest BCUT2D eigenvalue weighted by molar-refractivity contribution is 6.42. The molecule has 3 N–H and O–H groups in total. The van der Waals surface area contributed by atoms with Gasteiger partial charge in [0.15, 0.2) is 0 Å². The van der Waals surface area contributed by atoms with Gasteiger partial charge in [0.1, 0.15) is 0 Å². The van der Waals surface area contributed by atoms with Crippen molar-refractivity contribution in [3.05, 3.63) is 87.4 Å². The van der Waals surface area contributed by atoms with Gasteiger partial charge in [0, 0.05) is 43.5 Å². The van der Waals surface area contributed by atoms with Crippen molar-refractivity contribution in [1.29, 1.82) is 0 Å². The van der Waals surface area contributed by atoms with E-state index in [1.54, 1.807) is 0 Å². The molecule has 1 saturated heterocycles. The number of nitrogens with zero attached hydrogens (tertiary/aromatic N) is 3. The number of piperidine rings is 1. The van der Waals surface area contributed by atoms with E-state index in [1.807, 2.05) is 43.3 Å². The SMILES string of the molecule is CCOCCn1c(NC2CCN(c3ccc(C(N)=O)c(CC(CC)c4ccc(Cl)c(Cl)c4)c3)CC2)nc2ccccc21. The van der Waals surface area contributed by atoms with Crippen LogP contribution in [-0.2, 0) is 17.7 Å². The first-order valence-electron chi connectivity index (χ1n) is 14.8. The summed E-state index contributed by atoms with van der Waals surface area (Å²) in [5, 5.41) is 4.80. The smallest absolute Gasteiger partial charge is 0.248 e. The molecule has 7 nitrogen and oxygen atoms in total. The van der Waals surface area contributed by atoms with Crippen LogP contribution in [0.4, 0.5) is 11.6 Å². The first kappa shape index (κ1) is 30.2. The zero-order valence-corrected chi connectivity index (χ0v) is 25.8. The molecule has 9 heteroatoms. The third-order valence-electron chi connectivity index (χ3n) is 8.24. The van der Waals surface area contributed by atoms with Crippen molar-refractivity contribution in [3.8, 4) is 0 Å². The number of nitrogens with one attached hydrogen (secondary N) is 1. The average Bonchev–Trinajstić information content (AvgIpc) is 3.34. The molecule has 1 aliphatic rings. The number of ether oxygens (including phenoxy) is 1. The van der Waals surface area contributed by atoms with E-state index in [1.165, 1.54) is 0 Å². The molecule has 1 atom stereocenters. The second kappa shape index (κ2) is 13.8. The molecule has 4 aromatic rings. The average molecular weight is 609 g/mol. The summed E-state index contributed by atoms with van der Waals surface area (Å²) in [6.45, 7) is 8.06. The fourth-order valence-corrected chi connectivity index (χ4v) is 6.20. The lowest BCUT2D eigenvalue weighted by Gasteiger charge is -2.34. The van der Waals surface area contributed by atoms with E-state index in [4.69, 9.17) is 38.7 Å². The highest BCUT2D eigenvalue weighted by Crippen LogP contribution is 2.33. The number of para-hydroxylation sites is 2. The molecule has 3 aromatic carbocycles. The highest BCUT2D eigenvalue weighted by atomic mass is 35.5. The third-order valence-corrected chi connectivity index (χ3v) is 8.98. The van der Waals surface area contributed by atoms with Gasteiger partial charge in [0.2, 0.25) is 11.9 Å². The molecular formula is C33H39Cl2N5O2. The summed E-state index contributed by atoms with van der Waals surface area (Å²) >= 11 is 12.5. The summed E-state index contributed by atoms with van der Waals surface area (Å²) in [7, 11) is 0. The maximum absolute atomic E-state index is 12.4. The van der Waals surface area contributed by atoms with E-state index >= 15 is 0 Å². The van der Waals surface area contributed by atoms with Gasteiger partial charge in [-0.2, -0.15) is 0 Å². The zero-order chi connectivity index (χ0) is 29.6. The Morgan fingerprint density at radius 3 is 2.57 bits per heavy atom. The number of hydrogen-bond acceptors (Lipinski definition) is 5. The maximum atomic E-state index is 12.4. The normalized spacial score (nSPS) is 14.8. The van der Waals surface area contributed by atoms with Crippen molar-refractivity contribution in [3.63, 3.8) is 0 Å². The maximum Gasteiger partial charge on any atom is 0.248 e. The quantitative estimate of drug-likeness (QED) is 0.165. The fourth-order valence-electron chi connectivity index (χ4n) is 5.89. The van der Waals surface area contributed by atoms with Gasteiger partial charge >= 0.3 is 0 Å². The largest absolute Gasteiger partial charge is 0.380 e. The predicted molar refractivity (Wildman–Crippen MR) is 173 cm³/mol. The van der Waals surface area contributed by atoms with Crippen molar-refractivity contribution < 1.29 is 9.53 Å². The topological polar surface area (TPSA) is 85.4 Å². The molecule has 2 heterocycles. The number of amides is 1. The lowest BCUT2D eigenvalue weighted by atomic mass is 9.87. The number of hydrogen-bond donors (Lipinski definition) is 2. The Morgan fingerprint density at radius 2 is 1.86 bits per heavy atom. The van der Waals surface area contributed by atoms with Crippen molar-refractivity contribution in [2.45, 2.75) is 58.0 Å². The molecule has 1 aromatic heterocycles. The standard InChI is InChI=1S/C33H39Cl2N5O2/c1-3-22(23-9-12-28(34)29(35)21-23)19-24-20-26(10-11-27(24)32(36)41)39-15-13-25(14-16-39)37-33-38-30-7-5-6-8-31(30)40(33)17-18-42-4-2/h5-12,20-22,25H,3-4,13-19H2,1-2H3,(H2,36,41)(H,37,38). The summed E-state index contributed by atoms with van der Waals surface area (Å²) in [6, 6.07) is 20.4. The van der Waals surface area contributed by atoms with Gasteiger partial charge in [-0.15, -0.1) is 0 Å².